The zero-order valence-electron chi connectivity index (χ0n) is 13.4. The lowest BCUT2D eigenvalue weighted by Crippen LogP contribution is -2.28. The molecule has 4 heteroatoms. The molecule has 1 aliphatic carbocycles. The first kappa shape index (κ1) is 15.7. The molecular formula is C18H24N2OS. The highest BCUT2D eigenvalue weighted by atomic mass is 32.1. The van der Waals surface area contributed by atoms with Crippen LogP contribution in [0.4, 0.5) is 0 Å². The van der Waals surface area contributed by atoms with E-state index in [9.17, 15) is 5.11 Å². The monoisotopic (exact) mass is 316 g/mol. The van der Waals surface area contributed by atoms with Crippen molar-refractivity contribution in [2.75, 3.05) is 13.1 Å². The quantitative estimate of drug-likeness (QED) is 0.886. The van der Waals surface area contributed by atoms with Crippen LogP contribution in [0.1, 0.15) is 46.2 Å². The molecule has 0 fully saturated rings. The topological polar surface area (TPSA) is 36.4 Å². The van der Waals surface area contributed by atoms with Crippen LogP contribution in [-0.2, 0) is 19.4 Å². The average Bonchev–Trinajstić information content (AvgIpc) is 3.08. The number of rotatable bonds is 6. The minimum Gasteiger partial charge on any atom is -0.387 e. The van der Waals surface area contributed by atoms with E-state index >= 15 is 0 Å². The fourth-order valence-corrected chi connectivity index (χ4v) is 4.15. The highest BCUT2D eigenvalue weighted by Crippen LogP contribution is 2.28. The number of aromatic nitrogens is 1. The van der Waals surface area contributed by atoms with Crippen LogP contribution < -0.4 is 0 Å². The first-order valence-electron chi connectivity index (χ1n) is 8.10. The average molecular weight is 316 g/mol. The number of hydrogen-bond acceptors (Lipinski definition) is 4. The summed E-state index contributed by atoms with van der Waals surface area (Å²) in [7, 11) is 0. The van der Waals surface area contributed by atoms with E-state index in [1.165, 1.54) is 34.0 Å². The van der Waals surface area contributed by atoms with Gasteiger partial charge in [0.15, 0.2) is 0 Å². The summed E-state index contributed by atoms with van der Waals surface area (Å²) in [6.45, 7) is 6.63. The smallest absolute Gasteiger partial charge is 0.107 e. The Balaban J connectivity index is 1.62. The Morgan fingerprint density at radius 1 is 1.27 bits per heavy atom. The molecule has 118 valence electrons. The van der Waals surface area contributed by atoms with E-state index < -0.39 is 6.10 Å². The fourth-order valence-electron chi connectivity index (χ4n) is 2.95. The number of aryl methyl sites for hydroxylation is 3. The maximum atomic E-state index is 10.4. The standard InChI is InChI=1S/C18H24N2OS/c1-3-20(11-16(21)14-9-7-13(2)8-10-14)12-18-19-15-5-4-6-17(15)22-18/h7-10,16,21H,3-6,11-12H2,1-2H3. The molecule has 0 radical (unpaired) electrons. The van der Waals surface area contributed by atoms with Crippen molar-refractivity contribution >= 4 is 11.3 Å². The molecule has 3 rings (SSSR count). The van der Waals surface area contributed by atoms with Gasteiger partial charge in [-0.2, -0.15) is 0 Å². The molecule has 22 heavy (non-hydrogen) atoms. The number of aliphatic hydroxyl groups is 1. The summed E-state index contributed by atoms with van der Waals surface area (Å²) in [5.41, 5.74) is 3.53. The van der Waals surface area contributed by atoms with Crippen molar-refractivity contribution in [1.82, 2.24) is 9.88 Å². The van der Waals surface area contributed by atoms with E-state index in [2.05, 4.69) is 30.9 Å². The van der Waals surface area contributed by atoms with Crippen LogP contribution in [0.3, 0.4) is 0 Å². The third-order valence-corrected chi connectivity index (χ3v) is 5.48. The third kappa shape index (κ3) is 3.57. The summed E-state index contributed by atoms with van der Waals surface area (Å²) in [5, 5.41) is 11.6. The molecule has 1 aromatic carbocycles. The minimum atomic E-state index is -0.438. The van der Waals surface area contributed by atoms with Gasteiger partial charge < -0.3 is 5.11 Å². The Hall–Kier alpha value is -1.23. The highest BCUT2D eigenvalue weighted by molar-refractivity contribution is 7.11. The number of aliphatic hydroxyl groups excluding tert-OH is 1. The van der Waals surface area contributed by atoms with Crippen LogP contribution in [0.15, 0.2) is 24.3 Å². The van der Waals surface area contributed by atoms with Gasteiger partial charge in [0.05, 0.1) is 18.3 Å². The van der Waals surface area contributed by atoms with Gasteiger partial charge in [0, 0.05) is 11.4 Å². The van der Waals surface area contributed by atoms with Crippen molar-refractivity contribution in [3.8, 4) is 0 Å². The highest BCUT2D eigenvalue weighted by Gasteiger charge is 2.19. The molecule has 3 nitrogen and oxygen atoms in total. The van der Waals surface area contributed by atoms with Crippen molar-refractivity contribution < 1.29 is 5.11 Å². The van der Waals surface area contributed by atoms with Gasteiger partial charge in [0.2, 0.25) is 0 Å². The second kappa shape index (κ2) is 6.90. The second-order valence-corrected chi connectivity index (χ2v) is 7.25. The number of likely N-dealkylation sites (N-methyl/N-ethyl adjacent to an activating group) is 1. The zero-order valence-corrected chi connectivity index (χ0v) is 14.2. The van der Waals surface area contributed by atoms with Crippen LogP contribution in [-0.4, -0.2) is 28.1 Å². The summed E-state index contributed by atoms with van der Waals surface area (Å²) >= 11 is 1.86. The summed E-state index contributed by atoms with van der Waals surface area (Å²) in [4.78, 5) is 8.52. The van der Waals surface area contributed by atoms with Gasteiger partial charge in [-0.1, -0.05) is 36.8 Å². The first-order valence-corrected chi connectivity index (χ1v) is 8.91. The number of hydrogen-bond donors (Lipinski definition) is 1. The van der Waals surface area contributed by atoms with Gasteiger partial charge in [-0.15, -0.1) is 11.3 Å². The maximum Gasteiger partial charge on any atom is 0.107 e. The molecule has 1 N–H and O–H groups in total. The largest absolute Gasteiger partial charge is 0.387 e. The molecule has 0 bridgehead atoms. The maximum absolute atomic E-state index is 10.4. The summed E-state index contributed by atoms with van der Waals surface area (Å²) in [6.07, 6.45) is 3.17. The van der Waals surface area contributed by atoms with Crippen molar-refractivity contribution in [3.63, 3.8) is 0 Å². The molecular weight excluding hydrogens is 292 g/mol. The van der Waals surface area contributed by atoms with Gasteiger partial charge in [-0.3, -0.25) is 4.90 Å². The number of benzene rings is 1. The molecule has 1 aromatic heterocycles. The number of thiazole rings is 1. The Kier molecular flexibility index (Phi) is 4.91. The van der Waals surface area contributed by atoms with Crippen molar-refractivity contribution in [2.24, 2.45) is 0 Å². The number of nitrogens with zero attached hydrogens (tertiary/aromatic N) is 2. The van der Waals surface area contributed by atoms with Gasteiger partial charge in [-0.05, 0) is 38.3 Å². The van der Waals surface area contributed by atoms with Crippen LogP contribution in [0, 0.1) is 6.92 Å². The minimum absolute atomic E-state index is 0.438. The Morgan fingerprint density at radius 3 is 2.73 bits per heavy atom. The molecule has 1 unspecified atom stereocenters. The Morgan fingerprint density at radius 2 is 2.05 bits per heavy atom. The van der Waals surface area contributed by atoms with Gasteiger partial charge in [0.25, 0.3) is 0 Å². The predicted molar refractivity (Wildman–Crippen MR) is 91.2 cm³/mol. The van der Waals surface area contributed by atoms with Crippen molar-refractivity contribution in [3.05, 3.63) is 51.0 Å². The molecule has 0 aliphatic heterocycles. The van der Waals surface area contributed by atoms with E-state index in [4.69, 9.17) is 4.98 Å². The lowest BCUT2D eigenvalue weighted by Gasteiger charge is -2.23. The first-order chi connectivity index (χ1) is 10.7. The predicted octanol–water partition coefficient (Wildman–Crippen LogP) is 3.50. The summed E-state index contributed by atoms with van der Waals surface area (Å²) in [5.74, 6) is 0. The van der Waals surface area contributed by atoms with Crippen molar-refractivity contribution in [1.29, 1.82) is 0 Å². The fraction of sp³-hybridized carbons (Fsp3) is 0.500. The number of fused-ring (bicyclic) bond motifs is 1. The van der Waals surface area contributed by atoms with E-state index in [0.717, 1.165) is 25.1 Å². The Labute approximate surface area is 136 Å². The van der Waals surface area contributed by atoms with Gasteiger partial charge >= 0.3 is 0 Å². The molecule has 0 spiro atoms. The zero-order chi connectivity index (χ0) is 15.5. The molecule has 0 saturated heterocycles. The normalized spacial score (nSPS) is 15.3. The molecule has 1 atom stereocenters. The van der Waals surface area contributed by atoms with E-state index in [0.29, 0.717) is 6.54 Å². The van der Waals surface area contributed by atoms with Crippen LogP contribution in [0.2, 0.25) is 0 Å². The van der Waals surface area contributed by atoms with Crippen LogP contribution in [0.25, 0.3) is 0 Å². The molecule has 0 amide bonds. The third-order valence-electron chi connectivity index (χ3n) is 4.34. The molecule has 1 aliphatic rings. The Bertz CT molecular complexity index is 599. The van der Waals surface area contributed by atoms with Crippen molar-refractivity contribution in [2.45, 2.75) is 45.8 Å². The second-order valence-electron chi connectivity index (χ2n) is 6.09. The molecule has 0 saturated carbocycles. The van der Waals surface area contributed by atoms with E-state index in [-0.39, 0.29) is 0 Å². The van der Waals surface area contributed by atoms with E-state index in [1.54, 1.807) is 0 Å². The van der Waals surface area contributed by atoms with Gasteiger partial charge in [0.1, 0.15) is 5.01 Å². The van der Waals surface area contributed by atoms with Crippen LogP contribution >= 0.6 is 11.3 Å². The lowest BCUT2D eigenvalue weighted by atomic mass is 10.1. The SMILES string of the molecule is CCN(Cc1nc2c(s1)CCC2)CC(O)c1ccc(C)cc1. The molecule has 2 aromatic rings. The summed E-state index contributed by atoms with van der Waals surface area (Å²) < 4.78 is 0. The van der Waals surface area contributed by atoms with E-state index in [1.807, 2.05) is 23.5 Å². The molecule has 1 heterocycles. The lowest BCUT2D eigenvalue weighted by molar-refractivity contribution is 0.112. The van der Waals surface area contributed by atoms with Gasteiger partial charge in [-0.25, -0.2) is 4.98 Å². The van der Waals surface area contributed by atoms with Crippen LogP contribution in [0.5, 0.6) is 0 Å². The summed E-state index contributed by atoms with van der Waals surface area (Å²) in [6, 6.07) is 8.15.